The largest absolute Gasteiger partial charge is 0.456 e. The molecule has 4 fully saturated rings. The number of hydrogen-bond acceptors (Lipinski definition) is 4. The number of carbonyl (C=O) groups excluding carboxylic acids is 2. The highest BCUT2D eigenvalue weighted by atomic mass is 16.5. The summed E-state index contributed by atoms with van der Waals surface area (Å²) in [6.45, 7) is 3.68. The lowest BCUT2D eigenvalue weighted by Gasteiger charge is -2.60. The van der Waals surface area contributed by atoms with E-state index in [1.54, 1.807) is 0 Å². The lowest BCUT2D eigenvalue weighted by molar-refractivity contribution is -0.177. The molecule has 4 atom stereocenters. The van der Waals surface area contributed by atoms with E-state index in [4.69, 9.17) is 4.74 Å². The molecule has 0 heterocycles. The Balaban J connectivity index is 1.31. The Hall–Kier alpha value is -1.88. The van der Waals surface area contributed by atoms with E-state index in [1.807, 2.05) is 32.0 Å². The van der Waals surface area contributed by atoms with Gasteiger partial charge in [-0.3, -0.25) is 9.59 Å². The molecule has 0 spiro atoms. The molecule has 5 heteroatoms. The summed E-state index contributed by atoms with van der Waals surface area (Å²) >= 11 is 0. The molecule has 1 amide bonds. The Morgan fingerprint density at radius 1 is 1.19 bits per heavy atom. The predicted octanol–water partition coefficient (Wildman–Crippen LogP) is 3.51. The summed E-state index contributed by atoms with van der Waals surface area (Å²) in [6, 6.07) is 5.73. The normalized spacial score (nSPS) is 33.7. The topological polar surface area (TPSA) is 75.6 Å². The first-order chi connectivity index (χ1) is 12.8. The summed E-state index contributed by atoms with van der Waals surface area (Å²) in [5.74, 6) is 0.436. The van der Waals surface area contributed by atoms with Crippen molar-refractivity contribution in [2.45, 2.75) is 64.4 Å². The van der Waals surface area contributed by atoms with Gasteiger partial charge in [0, 0.05) is 5.69 Å². The van der Waals surface area contributed by atoms with Gasteiger partial charge in [-0.25, -0.2) is 0 Å². The van der Waals surface area contributed by atoms with Crippen LogP contribution in [0.4, 0.5) is 5.69 Å². The molecule has 27 heavy (non-hydrogen) atoms. The number of aryl methyl sites for hydroxylation is 1. The third-order valence-corrected chi connectivity index (χ3v) is 6.91. The average molecular weight is 371 g/mol. The molecule has 4 bridgehead atoms. The number of esters is 1. The van der Waals surface area contributed by atoms with Gasteiger partial charge in [0.15, 0.2) is 6.61 Å². The van der Waals surface area contributed by atoms with Crippen LogP contribution in [0.1, 0.15) is 56.1 Å². The summed E-state index contributed by atoms with van der Waals surface area (Å²) in [7, 11) is 0. The number of carbonyl (C=O) groups is 2. The van der Waals surface area contributed by atoms with Crippen LogP contribution in [0.25, 0.3) is 0 Å². The lowest BCUT2D eigenvalue weighted by atomic mass is 9.47. The van der Waals surface area contributed by atoms with Crippen LogP contribution in [0.2, 0.25) is 0 Å². The lowest BCUT2D eigenvalue weighted by Crippen LogP contribution is -2.56. The number of rotatable bonds is 5. The van der Waals surface area contributed by atoms with Crippen LogP contribution < -0.4 is 5.32 Å². The van der Waals surface area contributed by atoms with Crippen molar-refractivity contribution in [3.8, 4) is 0 Å². The molecule has 4 saturated carbocycles. The maximum atomic E-state index is 12.4. The number of nitrogens with one attached hydrogen (secondary N) is 1. The first-order valence-corrected chi connectivity index (χ1v) is 10.0. The van der Waals surface area contributed by atoms with Crippen molar-refractivity contribution in [3.63, 3.8) is 0 Å². The van der Waals surface area contributed by atoms with Gasteiger partial charge in [-0.15, -0.1) is 0 Å². The monoisotopic (exact) mass is 371 g/mol. The molecule has 146 valence electrons. The molecule has 0 radical (unpaired) electrons. The van der Waals surface area contributed by atoms with Crippen LogP contribution in [0.3, 0.4) is 0 Å². The zero-order valence-corrected chi connectivity index (χ0v) is 16.2. The van der Waals surface area contributed by atoms with Crippen LogP contribution >= 0.6 is 0 Å². The van der Waals surface area contributed by atoms with E-state index in [1.165, 1.54) is 6.42 Å². The highest BCUT2D eigenvalue weighted by molar-refractivity contribution is 5.93. The third-order valence-electron chi connectivity index (χ3n) is 6.91. The summed E-state index contributed by atoms with van der Waals surface area (Å²) in [5.41, 5.74) is 2.16. The van der Waals surface area contributed by atoms with Crippen LogP contribution in [0.5, 0.6) is 0 Å². The number of ether oxygens (including phenoxy) is 1. The first-order valence-electron chi connectivity index (χ1n) is 10.0. The van der Waals surface area contributed by atoms with Crippen molar-refractivity contribution >= 4 is 17.6 Å². The number of amides is 1. The van der Waals surface area contributed by atoms with Gasteiger partial charge < -0.3 is 15.2 Å². The third kappa shape index (κ3) is 3.75. The molecule has 0 aromatic heterocycles. The molecule has 2 unspecified atom stereocenters. The van der Waals surface area contributed by atoms with Crippen molar-refractivity contribution in [1.82, 2.24) is 0 Å². The number of hydrogen-bond donors (Lipinski definition) is 2. The van der Waals surface area contributed by atoms with E-state index in [-0.39, 0.29) is 23.9 Å². The maximum absolute atomic E-state index is 12.4. The van der Waals surface area contributed by atoms with Crippen LogP contribution in [-0.2, 0) is 14.3 Å². The zero-order valence-electron chi connectivity index (χ0n) is 16.2. The van der Waals surface area contributed by atoms with Gasteiger partial charge >= 0.3 is 5.97 Å². The molecule has 1 aromatic rings. The van der Waals surface area contributed by atoms with Crippen molar-refractivity contribution < 1.29 is 19.4 Å². The first kappa shape index (κ1) is 18.5. The van der Waals surface area contributed by atoms with Gasteiger partial charge in [-0.05, 0) is 86.8 Å². The fraction of sp³-hybridized carbons (Fsp3) is 0.636. The summed E-state index contributed by atoms with van der Waals surface area (Å²) in [6.07, 6.45) is 6.01. The second kappa shape index (κ2) is 6.62. The Bertz CT molecular complexity index is 758. The van der Waals surface area contributed by atoms with Crippen molar-refractivity contribution in [3.05, 3.63) is 29.3 Å². The van der Waals surface area contributed by atoms with Crippen LogP contribution in [0, 0.1) is 31.1 Å². The minimum Gasteiger partial charge on any atom is -0.456 e. The van der Waals surface area contributed by atoms with E-state index in [9.17, 15) is 14.7 Å². The standard InChI is InChI=1S/C22H29NO4/c1-14-4-3-5-18(15(14)2)23-19(24)12-27-20(25)11-21-7-16-6-17(8-21)10-22(26,9-16)13-21/h3-5,16-17,26H,6-13H2,1-2H3,(H,23,24)/t16-,17+,21?,22?. The summed E-state index contributed by atoms with van der Waals surface area (Å²) in [5, 5.41) is 13.6. The molecule has 4 aliphatic carbocycles. The smallest absolute Gasteiger partial charge is 0.306 e. The van der Waals surface area contributed by atoms with Crippen LogP contribution in [-0.4, -0.2) is 29.2 Å². The zero-order chi connectivity index (χ0) is 19.2. The minimum absolute atomic E-state index is 0.125. The molecule has 0 saturated heterocycles. The molecule has 5 nitrogen and oxygen atoms in total. The minimum atomic E-state index is -0.579. The number of anilines is 1. The van der Waals surface area contributed by atoms with Gasteiger partial charge in [0.2, 0.25) is 0 Å². The average Bonchev–Trinajstić information content (AvgIpc) is 2.54. The molecule has 2 N–H and O–H groups in total. The van der Waals surface area contributed by atoms with Gasteiger partial charge in [-0.1, -0.05) is 12.1 Å². The van der Waals surface area contributed by atoms with Gasteiger partial charge in [-0.2, -0.15) is 0 Å². The van der Waals surface area contributed by atoms with E-state index in [0.29, 0.717) is 24.7 Å². The highest BCUT2D eigenvalue weighted by Gasteiger charge is 2.57. The quantitative estimate of drug-likeness (QED) is 0.777. The Morgan fingerprint density at radius 3 is 2.56 bits per heavy atom. The summed E-state index contributed by atoms with van der Waals surface area (Å²) < 4.78 is 5.29. The predicted molar refractivity (Wildman–Crippen MR) is 102 cm³/mol. The Morgan fingerprint density at radius 2 is 1.89 bits per heavy atom. The molecule has 0 aliphatic heterocycles. The van der Waals surface area contributed by atoms with E-state index in [2.05, 4.69) is 5.32 Å². The fourth-order valence-electron chi connectivity index (χ4n) is 6.18. The highest BCUT2D eigenvalue weighted by Crippen LogP contribution is 2.62. The van der Waals surface area contributed by atoms with Gasteiger partial charge in [0.25, 0.3) is 5.91 Å². The van der Waals surface area contributed by atoms with Gasteiger partial charge in [0.05, 0.1) is 12.0 Å². The number of benzene rings is 1. The molecular formula is C22H29NO4. The van der Waals surface area contributed by atoms with Gasteiger partial charge in [0.1, 0.15) is 0 Å². The SMILES string of the molecule is Cc1cccc(NC(=O)COC(=O)CC23C[C@@H]4C[C@@H](CC(O)(C4)C2)C3)c1C. The van der Waals surface area contributed by atoms with E-state index in [0.717, 1.165) is 42.5 Å². The molecule has 1 aromatic carbocycles. The van der Waals surface area contributed by atoms with Crippen molar-refractivity contribution in [1.29, 1.82) is 0 Å². The van der Waals surface area contributed by atoms with Crippen LogP contribution in [0.15, 0.2) is 18.2 Å². The molecule has 5 rings (SSSR count). The van der Waals surface area contributed by atoms with Crippen molar-refractivity contribution in [2.24, 2.45) is 17.3 Å². The van der Waals surface area contributed by atoms with E-state index < -0.39 is 5.60 Å². The maximum Gasteiger partial charge on any atom is 0.306 e. The summed E-state index contributed by atoms with van der Waals surface area (Å²) in [4.78, 5) is 24.6. The molecule has 4 aliphatic rings. The number of aliphatic hydroxyl groups is 1. The Kier molecular flexibility index (Phi) is 4.53. The molecular weight excluding hydrogens is 342 g/mol. The Labute approximate surface area is 160 Å². The van der Waals surface area contributed by atoms with E-state index >= 15 is 0 Å². The second-order valence-electron chi connectivity index (χ2n) is 9.32. The second-order valence-corrected chi connectivity index (χ2v) is 9.32. The fourth-order valence-corrected chi connectivity index (χ4v) is 6.18. The van der Waals surface area contributed by atoms with Crippen molar-refractivity contribution in [2.75, 3.05) is 11.9 Å².